The normalized spacial score (nSPS) is 10.3. The number of anilines is 1. The van der Waals surface area contributed by atoms with Gasteiger partial charge in [0.15, 0.2) is 0 Å². The summed E-state index contributed by atoms with van der Waals surface area (Å²) in [5, 5.41) is 4.25. The number of rotatable bonds is 6. The summed E-state index contributed by atoms with van der Waals surface area (Å²) < 4.78 is 5.45. The van der Waals surface area contributed by atoms with Crippen molar-refractivity contribution in [1.29, 1.82) is 0 Å². The zero-order chi connectivity index (χ0) is 12.8. The minimum atomic E-state index is 0.602. The Morgan fingerprint density at radius 1 is 1.33 bits per heavy atom. The molecule has 2 heterocycles. The van der Waals surface area contributed by atoms with Gasteiger partial charge in [-0.3, -0.25) is 0 Å². The van der Waals surface area contributed by atoms with Crippen molar-refractivity contribution in [3.8, 4) is 5.88 Å². The third-order valence-electron chi connectivity index (χ3n) is 2.19. The van der Waals surface area contributed by atoms with E-state index in [-0.39, 0.29) is 0 Å². The molecule has 0 fully saturated rings. The van der Waals surface area contributed by atoms with Crippen LogP contribution in [0.3, 0.4) is 0 Å². The van der Waals surface area contributed by atoms with Gasteiger partial charge in [-0.2, -0.15) is 0 Å². The van der Waals surface area contributed by atoms with E-state index in [0.717, 1.165) is 17.2 Å². The van der Waals surface area contributed by atoms with Gasteiger partial charge in [-0.05, 0) is 13.3 Å². The third-order valence-corrected chi connectivity index (χ3v) is 3.10. The Morgan fingerprint density at radius 3 is 2.94 bits per heavy atom. The summed E-state index contributed by atoms with van der Waals surface area (Å²) in [6.45, 7) is 5.44. The number of nitrogens with zero attached hydrogens (tertiary/aromatic N) is 3. The Kier molecular flexibility index (Phi) is 4.46. The molecule has 1 N–H and O–H groups in total. The summed E-state index contributed by atoms with van der Waals surface area (Å²) in [7, 11) is 0. The molecule has 0 aliphatic carbocycles. The number of nitrogens with one attached hydrogen (secondary N) is 1. The molecule has 0 amide bonds. The van der Waals surface area contributed by atoms with E-state index in [1.165, 1.54) is 11.2 Å². The first-order valence-corrected chi connectivity index (χ1v) is 6.69. The van der Waals surface area contributed by atoms with Crippen LogP contribution < -0.4 is 10.1 Å². The number of aryl methyl sites for hydroxylation is 1. The van der Waals surface area contributed by atoms with Gasteiger partial charge in [0.05, 0.1) is 13.2 Å². The van der Waals surface area contributed by atoms with E-state index >= 15 is 0 Å². The molecule has 0 aliphatic rings. The average molecular weight is 264 g/mol. The van der Waals surface area contributed by atoms with Gasteiger partial charge in [-0.15, -0.1) is 11.3 Å². The number of thiazole rings is 1. The van der Waals surface area contributed by atoms with Crippen molar-refractivity contribution >= 4 is 17.2 Å². The molecule has 0 atom stereocenters. The van der Waals surface area contributed by atoms with E-state index in [9.17, 15) is 0 Å². The van der Waals surface area contributed by atoms with E-state index in [2.05, 4.69) is 27.2 Å². The van der Waals surface area contributed by atoms with Gasteiger partial charge in [0.25, 0.3) is 0 Å². The van der Waals surface area contributed by atoms with E-state index in [1.54, 1.807) is 17.4 Å². The van der Waals surface area contributed by atoms with E-state index in [4.69, 9.17) is 4.74 Å². The molecule has 5 nitrogen and oxygen atoms in total. The minimum absolute atomic E-state index is 0.602. The van der Waals surface area contributed by atoms with Gasteiger partial charge in [0, 0.05) is 17.1 Å². The van der Waals surface area contributed by atoms with Crippen molar-refractivity contribution in [1.82, 2.24) is 15.0 Å². The van der Waals surface area contributed by atoms with Crippen LogP contribution >= 0.6 is 11.3 Å². The standard InChI is InChI=1S/C12H16N4OS/c1-3-4-17-11-5-10(15-8-16-11)13-7-12-14-6-9(2)18-12/h5-6,8H,3-4,7H2,1-2H3,(H,13,15,16). The van der Waals surface area contributed by atoms with Crippen LogP contribution in [0, 0.1) is 6.92 Å². The third kappa shape index (κ3) is 3.66. The first kappa shape index (κ1) is 12.8. The first-order valence-electron chi connectivity index (χ1n) is 5.88. The lowest BCUT2D eigenvalue weighted by Gasteiger charge is -2.06. The molecular formula is C12H16N4OS. The molecule has 96 valence electrons. The lowest BCUT2D eigenvalue weighted by atomic mass is 10.5. The highest BCUT2D eigenvalue weighted by atomic mass is 32.1. The lowest BCUT2D eigenvalue weighted by molar-refractivity contribution is 0.305. The van der Waals surface area contributed by atoms with Gasteiger partial charge < -0.3 is 10.1 Å². The highest BCUT2D eigenvalue weighted by Crippen LogP contribution is 2.15. The first-order chi connectivity index (χ1) is 8.78. The van der Waals surface area contributed by atoms with Gasteiger partial charge in [-0.25, -0.2) is 15.0 Å². The monoisotopic (exact) mass is 264 g/mol. The van der Waals surface area contributed by atoms with Crippen molar-refractivity contribution in [2.45, 2.75) is 26.8 Å². The van der Waals surface area contributed by atoms with Crippen molar-refractivity contribution in [3.63, 3.8) is 0 Å². The summed E-state index contributed by atoms with van der Waals surface area (Å²) in [6, 6.07) is 1.80. The van der Waals surface area contributed by atoms with E-state index in [0.29, 0.717) is 19.0 Å². The van der Waals surface area contributed by atoms with Crippen LogP contribution in [0.15, 0.2) is 18.6 Å². The average Bonchev–Trinajstić information content (AvgIpc) is 2.80. The maximum atomic E-state index is 5.45. The van der Waals surface area contributed by atoms with Crippen molar-refractivity contribution in [2.24, 2.45) is 0 Å². The molecule has 18 heavy (non-hydrogen) atoms. The molecule has 2 rings (SSSR count). The lowest BCUT2D eigenvalue weighted by Crippen LogP contribution is -2.03. The molecule has 2 aromatic heterocycles. The molecule has 0 saturated carbocycles. The maximum Gasteiger partial charge on any atom is 0.218 e. The summed E-state index contributed by atoms with van der Waals surface area (Å²) in [6.07, 6.45) is 4.34. The second kappa shape index (κ2) is 6.30. The molecule has 0 aliphatic heterocycles. The van der Waals surface area contributed by atoms with Gasteiger partial charge in [0.1, 0.15) is 17.2 Å². The second-order valence-corrected chi connectivity index (χ2v) is 5.13. The zero-order valence-corrected chi connectivity index (χ0v) is 11.3. The molecule has 0 radical (unpaired) electrons. The number of hydrogen-bond donors (Lipinski definition) is 1. The Balaban J connectivity index is 1.92. The van der Waals surface area contributed by atoms with Crippen LogP contribution in [-0.2, 0) is 6.54 Å². The second-order valence-electron chi connectivity index (χ2n) is 3.81. The van der Waals surface area contributed by atoms with Crippen LogP contribution in [0.1, 0.15) is 23.2 Å². The van der Waals surface area contributed by atoms with Crippen molar-refractivity contribution < 1.29 is 4.74 Å². The van der Waals surface area contributed by atoms with Crippen LogP contribution in [0.5, 0.6) is 5.88 Å². The smallest absolute Gasteiger partial charge is 0.218 e. The summed E-state index contributed by atoms with van der Waals surface area (Å²) in [5.41, 5.74) is 0. The van der Waals surface area contributed by atoms with Gasteiger partial charge in [0.2, 0.25) is 5.88 Å². The molecule has 6 heteroatoms. The van der Waals surface area contributed by atoms with Crippen LogP contribution in [0.2, 0.25) is 0 Å². The molecule has 0 unspecified atom stereocenters. The Labute approximate surface area is 110 Å². The molecular weight excluding hydrogens is 248 g/mol. The largest absolute Gasteiger partial charge is 0.478 e. The minimum Gasteiger partial charge on any atom is -0.478 e. The predicted molar refractivity (Wildman–Crippen MR) is 72.0 cm³/mol. The fourth-order valence-electron chi connectivity index (χ4n) is 1.37. The molecule has 0 aromatic carbocycles. The fraction of sp³-hybridized carbons (Fsp3) is 0.417. The number of hydrogen-bond acceptors (Lipinski definition) is 6. The van der Waals surface area contributed by atoms with Crippen LogP contribution in [0.25, 0.3) is 0 Å². The quantitative estimate of drug-likeness (QED) is 0.869. The highest BCUT2D eigenvalue weighted by molar-refractivity contribution is 7.11. The summed E-state index contributed by atoms with van der Waals surface area (Å²) >= 11 is 1.68. The van der Waals surface area contributed by atoms with Crippen molar-refractivity contribution in [3.05, 3.63) is 28.5 Å². The highest BCUT2D eigenvalue weighted by Gasteiger charge is 2.01. The molecule has 0 saturated heterocycles. The molecule has 0 bridgehead atoms. The zero-order valence-electron chi connectivity index (χ0n) is 10.5. The Hall–Kier alpha value is -1.69. The summed E-state index contributed by atoms with van der Waals surface area (Å²) in [4.78, 5) is 13.7. The van der Waals surface area contributed by atoms with Gasteiger partial charge in [-0.1, -0.05) is 6.92 Å². The van der Waals surface area contributed by atoms with Crippen LogP contribution in [0.4, 0.5) is 5.82 Å². The predicted octanol–water partition coefficient (Wildman–Crippen LogP) is 2.64. The summed E-state index contributed by atoms with van der Waals surface area (Å²) in [5.74, 6) is 1.36. The maximum absolute atomic E-state index is 5.45. The molecule has 0 spiro atoms. The fourth-order valence-corrected chi connectivity index (χ4v) is 2.10. The SMILES string of the molecule is CCCOc1cc(NCc2ncc(C)s2)ncn1. The number of ether oxygens (including phenoxy) is 1. The van der Waals surface area contributed by atoms with Crippen molar-refractivity contribution in [2.75, 3.05) is 11.9 Å². The Bertz CT molecular complexity index is 500. The van der Waals surface area contributed by atoms with E-state index in [1.807, 2.05) is 13.1 Å². The van der Waals surface area contributed by atoms with Crippen LogP contribution in [-0.4, -0.2) is 21.6 Å². The molecule has 2 aromatic rings. The Morgan fingerprint density at radius 2 is 2.22 bits per heavy atom. The van der Waals surface area contributed by atoms with Gasteiger partial charge >= 0.3 is 0 Å². The topological polar surface area (TPSA) is 59.9 Å². The number of aromatic nitrogens is 3. The van der Waals surface area contributed by atoms with E-state index < -0.39 is 0 Å².